The van der Waals surface area contributed by atoms with E-state index in [4.69, 9.17) is 10.5 Å². The first-order valence-electron chi connectivity index (χ1n) is 7.10. The number of ether oxygens (including phenoxy) is 1. The van der Waals surface area contributed by atoms with Crippen LogP contribution in [0.2, 0.25) is 0 Å². The van der Waals surface area contributed by atoms with Gasteiger partial charge < -0.3 is 20.7 Å². The molecular weight excluding hydrogens is 254 g/mol. The van der Waals surface area contributed by atoms with Crippen molar-refractivity contribution in [1.29, 1.82) is 0 Å². The number of nitrogens with one attached hydrogen (secondary N) is 1. The second kappa shape index (κ2) is 5.32. The van der Waals surface area contributed by atoms with E-state index in [0.29, 0.717) is 6.04 Å². The first-order valence-corrected chi connectivity index (χ1v) is 7.10. The van der Waals surface area contributed by atoms with Crippen molar-refractivity contribution in [2.24, 2.45) is 11.7 Å². The summed E-state index contributed by atoms with van der Waals surface area (Å²) in [6.07, 6.45) is 1.83. The molecule has 0 radical (unpaired) electrons. The Kier molecular flexibility index (Phi) is 3.53. The van der Waals surface area contributed by atoms with Gasteiger partial charge >= 0.3 is 0 Å². The summed E-state index contributed by atoms with van der Waals surface area (Å²) in [4.78, 5) is 14.2. The summed E-state index contributed by atoms with van der Waals surface area (Å²) < 4.78 is 5.14. The van der Waals surface area contributed by atoms with Gasteiger partial charge in [-0.15, -0.1) is 0 Å². The number of anilines is 1. The zero-order valence-corrected chi connectivity index (χ0v) is 11.7. The second-order valence-corrected chi connectivity index (χ2v) is 5.74. The van der Waals surface area contributed by atoms with Crippen molar-refractivity contribution in [1.82, 2.24) is 5.32 Å². The summed E-state index contributed by atoms with van der Waals surface area (Å²) in [6.45, 7) is 1.58. The van der Waals surface area contributed by atoms with Gasteiger partial charge in [-0.3, -0.25) is 4.79 Å². The van der Waals surface area contributed by atoms with Crippen molar-refractivity contribution >= 4 is 11.6 Å². The molecule has 3 rings (SSSR count). The predicted molar refractivity (Wildman–Crippen MR) is 77.8 cm³/mol. The molecule has 0 aromatic heterocycles. The lowest BCUT2D eigenvalue weighted by Gasteiger charge is -2.42. The first kappa shape index (κ1) is 13.2. The summed E-state index contributed by atoms with van der Waals surface area (Å²) in [6, 6.07) is 8.51. The molecule has 108 valence electrons. The second-order valence-electron chi connectivity index (χ2n) is 5.74. The summed E-state index contributed by atoms with van der Waals surface area (Å²) in [7, 11) is 1.66. The quantitative estimate of drug-likeness (QED) is 0.850. The lowest BCUT2D eigenvalue weighted by Crippen LogP contribution is -2.58. The van der Waals surface area contributed by atoms with Gasteiger partial charge in [-0.2, -0.15) is 0 Å². The van der Waals surface area contributed by atoms with Crippen LogP contribution in [0.1, 0.15) is 12.8 Å². The Morgan fingerprint density at radius 2 is 1.95 bits per heavy atom. The van der Waals surface area contributed by atoms with Crippen molar-refractivity contribution < 1.29 is 9.53 Å². The molecule has 0 atom stereocenters. The standard InChI is InChI=1S/C15H21N3O2/c1-20-14-4-2-13(3-5-14)18-8-10(9-18)15(19)17-12-6-11(16)7-12/h2-5,10-12H,6-9,16H2,1H3,(H,17,19). The van der Waals surface area contributed by atoms with Crippen LogP contribution in [0.4, 0.5) is 5.69 Å². The molecule has 1 aliphatic heterocycles. The van der Waals surface area contributed by atoms with E-state index in [1.165, 1.54) is 0 Å². The molecule has 1 heterocycles. The topological polar surface area (TPSA) is 67.6 Å². The van der Waals surface area contributed by atoms with Crippen LogP contribution < -0.4 is 20.7 Å². The Balaban J connectivity index is 1.46. The molecule has 3 N–H and O–H groups in total. The Bertz CT molecular complexity index is 476. The molecule has 1 saturated heterocycles. The van der Waals surface area contributed by atoms with Crippen molar-refractivity contribution in [2.75, 3.05) is 25.1 Å². The monoisotopic (exact) mass is 275 g/mol. The number of carbonyl (C=O) groups is 1. The van der Waals surface area contributed by atoms with E-state index < -0.39 is 0 Å². The van der Waals surface area contributed by atoms with Gasteiger partial charge in [0.1, 0.15) is 5.75 Å². The van der Waals surface area contributed by atoms with E-state index >= 15 is 0 Å². The third-order valence-corrected chi connectivity index (χ3v) is 4.21. The fraction of sp³-hybridized carbons (Fsp3) is 0.533. The van der Waals surface area contributed by atoms with Gasteiger partial charge in [0, 0.05) is 30.9 Å². The summed E-state index contributed by atoms with van der Waals surface area (Å²) in [5.41, 5.74) is 6.86. The number of methoxy groups -OCH3 is 1. The Morgan fingerprint density at radius 1 is 1.30 bits per heavy atom. The Hall–Kier alpha value is -1.75. The molecule has 2 aliphatic rings. The molecule has 2 fully saturated rings. The molecule has 1 aromatic carbocycles. The number of benzene rings is 1. The van der Waals surface area contributed by atoms with E-state index in [9.17, 15) is 4.79 Å². The van der Waals surface area contributed by atoms with E-state index in [-0.39, 0.29) is 17.9 Å². The molecule has 5 heteroatoms. The van der Waals surface area contributed by atoms with Crippen LogP contribution in [0, 0.1) is 5.92 Å². The van der Waals surface area contributed by atoms with Gasteiger partial charge in [0.15, 0.2) is 0 Å². The third kappa shape index (κ3) is 2.58. The van der Waals surface area contributed by atoms with Crippen molar-refractivity contribution in [3.63, 3.8) is 0 Å². The zero-order chi connectivity index (χ0) is 14.1. The predicted octanol–water partition coefficient (Wildman–Crippen LogP) is 0.737. The van der Waals surface area contributed by atoms with Gasteiger partial charge in [0.05, 0.1) is 13.0 Å². The molecule has 1 aromatic rings. The summed E-state index contributed by atoms with van der Waals surface area (Å²) >= 11 is 0. The van der Waals surface area contributed by atoms with Gasteiger partial charge in [-0.1, -0.05) is 0 Å². The normalized spacial score (nSPS) is 25.6. The van der Waals surface area contributed by atoms with Gasteiger partial charge in [0.25, 0.3) is 0 Å². The maximum absolute atomic E-state index is 12.0. The largest absolute Gasteiger partial charge is 0.497 e. The van der Waals surface area contributed by atoms with Crippen molar-refractivity contribution in [2.45, 2.75) is 24.9 Å². The van der Waals surface area contributed by atoms with Crippen molar-refractivity contribution in [3.05, 3.63) is 24.3 Å². The summed E-state index contributed by atoms with van der Waals surface area (Å²) in [5, 5.41) is 3.07. The van der Waals surface area contributed by atoms with Crippen LogP contribution >= 0.6 is 0 Å². The van der Waals surface area contributed by atoms with Crippen LogP contribution in [-0.2, 0) is 4.79 Å². The van der Waals surface area contributed by atoms with Gasteiger partial charge in [0.2, 0.25) is 5.91 Å². The van der Waals surface area contributed by atoms with Crippen LogP contribution in [0.15, 0.2) is 24.3 Å². The minimum absolute atomic E-state index is 0.105. The SMILES string of the molecule is COc1ccc(N2CC(C(=O)NC3CC(N)C3)C2)cc1. The fourth-order valence-electron chi connectivity index (χ4n) is 2.75. The molecule has 1 saturated carbocycles. The van der Waals surface area contributed by atoms with E-state index in [2.05, 4.69) is 10.2 Å². The number of amides is 1. The lowest BCUT2D eigenvalue weighted by molar-refractivity contribution is -0.127. The number of hydrogen-bond donors (Lipinski definition) is 2. The van der Waals surface area contributed by atoms with Crippen LogP contribution in [0.5, 0.6) is 5.75 Å². The van der Waals surface area contributed by atoms with E-state index in [1.807, 2.05) is 24.3 Å². The smallest absolute Gasteiger partial charge is 0.226 e. The number of nitrogens with two attached hydrogens (primary N) is 1. The molecule has 0 bridgehead atoms. The zero-order valence-electron chi connectivity index (χ0n) is 11.7. The van der Waals surface area contributed by atoms with Crippen LogP contribution in [0.3, 0.4) is 0 Å². The molecule has 1 aliphatic carbocycles. The highest BCUT2D eigenvalue weighted by Gasteiger charge is 2.35. The van der Waals surface area contributed by atoms with Crippen LogP contribution in [0.25, 0.3) is 0 Å². The van der Waals surface area contributed by atoms with E-state index in [0.717, 1.165) is 37.4 Å². The van der Waals surface area contributed by atoms with Crippen LogP contribution in [-0.4, -0.2) is 38.2 Å². The number of hydrogen-bond acceptors (Lipinski definition) is 4. The average Bonchev–Trinajstić information content (AvgIpc) is 2.36. The van der Waals surface area contributed by atoms with E-state index in [1.54, 1.807) is 7.11 Å². The molecule has 20 heavy (non-hydrogen) atoms. The molecule has 0 unspecified atom stereocenters. The van der Waals surface area contributed by atoms with Crippen molar-refractivity contribution in [3.8, 4) is 5.75 Å². The molecule has 1 amide bonds. The summed E-state index contributed by atoms with van der Waals surface area (Å²) in [5.74, 6) is 1.13. The lowest BCUT2D eigenvalue weighted by atomic mass is 9.86. The molecular formula is C15H21N3O2. The third-order valence-electron chi connectivity index (χ3n) is 4.21. The number of rotatable bonds is 4. The highest BCUT2D eigenvalue weighted by Crippen LogP contribution is 2.27. The maximum atomic E-state index is 12.0. The fourth-order valence-corrected chi connectivity index (χ4v) is 2.75. The number of nitrogens with zero attached hydrogens (tertiary/aromatic N) is 1. The minimum Gasteiger partial charge on any atom is -0.497 e. The maximum Gasteiger partial charge on any atom is 0.226 e. The molecule has 0 spiro atoms. The first-order chi connectivity index (χ1) is 9.65. The Morgan fingerprint density at radius 3 is 2.50 bits per heavy atom. The highest BCUT2D eigenvalue weighted by molar-refractivity contribution is 5.82. The van der Waals surface area contributed by atoms with Gasteiger partial charge in [-0.05, 0) is 37.1 Å². The number of carbonyl (C=O) groups excluding carboxylic acids is 1. The highest BCUT2D eigenvalue weighted by atomic mass is 16.5. The average molecular weight is 275 g/mol. The van der Waals surface area contributed by atoms with Gasteiger partial charge in [-0.25, -0.2) is 0 Å². The Labute approximate surface area is 119 Å². The minimum atomic E-state index is 0.105. The molecule has 5 nitrogen and oxygen atoms in total.